The summed E-state index contributed by atoms with van der Waals surface area (Å²) in [6.45, 7) is 0.512. The third-order valence-electron chi connectivity index (χ3n) is 2.66. The van der Waals surface area contributed by atoms with Crippen LogP contribution in [0.3, 0.4) is 0 Å². The fourth-order valence-corrected chi connectivity index (χ4v) is 1.87. The Morgan fingerprint density at radius 1 is 1.60 bits per heavy atom. The van der Waals surface area contributed by atoms with Crippen LogP contribution in [0.2, 0.25) is 0 Å². The summed E-state index contributed by atoms with van der Waals surface area (Å²) in [6, 6.07) is 0.519. The zero-order valence-corrected chi connectivity index (χ0v) is 8.74. The molecular formula is C10H17N5. The van der Waals surface area contributed by atoms with E-state index in [0.29, 0.717) is 18.5 Å². The van der Waals surface area contributed by atoms with Gasteiger partial charge in [-0.15, -0.1) is 0 Å². The second-order valence-corrected chi connectivity index (χ2v) is 3.86. The molecule has 1 aliphatic rings. The van der Waals surface area contributed by atoms with Crippen molar-refractivity contribution in [2.24, 2.45) is 10.7 Å². The molecule has 1 aromatic heterocycles. The van der Waals surface area contributed by atoms with E-state index >= 15 is 0 Å². The van der Waals surface area contributed by atoms with Crippen LogP contribution in [0.25, 0.3) is 0 Å². The Morgan fingerprint density at radius 2 is 2.40 bits per heavy atom. The van der Waals surface area contributed by atoms with Gasteiger partial charge in [0, 0.05) is 18.4 Å². The Hall–Kier alpha value is -1.52. The highest BCUT2D eigenvalue weighted by molar-refractivity contribution is 5.78. The predicted molar refractivity (Wildman–Crippen MR) is 59.3 cm³/mol. The van der Waals surface area contributed by atoms with Gasteiger partial charge in [-0.3, -0.25) is 0 Å². The lowest BCUT2D eigenvalue weighted by Crippen LogP contribution is -2.38. The molecule has 82 valence electrons. The molecular weight excluding hydrogens is 190 g/mol. The van der Waals surface area contributed by atoms with Crippen LogP contribution in [-0.2, 0) is 6.54 Å². The minimum atomic E-state index is 0.512. The summed E-state index contributed by atoms with van der Waals surface area (Å²) in [4.78, 5) is 11.3. The van der Waals surface area contributed by atoms with Gasteiger partial charge in [0.2, 0.25) is 0 Å². The first-order valence-electron chi connectivity index (χ1n) is 5.39. The van der Waals surface area contributed by atoms with Crippen LogP contribution >= 0.6 is 0 Å². The Labute approximate surface area is 89.2 Å². The van der Waals surface area contributed by atoms with Crippen LogP contribution < -0.4 is 11.1 Å². The molecule has 5 heteroatoms. The first-order chi connectivity index (χ1) is 7.34. The zero-order valence-electron chi connectivity index (χ0n) is 8.74. The van der Waals surface area contributed by atoms with Crippen LogP contribution in [0.4, 0.5) is 0 Å². The van der Waals surface area contributed by atoms with Crippen molar-refractivity contribution in [3.8, 4) is 0 Å². The molecule has 15 heavy (non-hydrogen) atoms. The predicted octanol–water partition coefficient (Wildman–Crippen LogP) is 0.757. The highest BCUT2D eigenvalue weighted by Crippen LogP contribution is 2.17. The van der Waals surface area contributed by atoms with Crippen molar-refractivity contribution in [2.75, 3.05) is 0 Å². The number of aliphatic imine (C=N–C) groups is 1. The zero-order chi connectivity index (χ0) is 10.5. The number of hydrogen-bond acceptors (Lipinski definition) is 2. The van der Waals surface area contributed by atoms with E-state index in [9.17, 15) is 0 Å². The van der Waals surface area contributed by atoms with Crippen molar-refractivity contribution >= 4 is 5.96 Å². The van der Waals surface area contributed by atoms with Crippen molar-refractivity contribution < 1.29 is 0 Å². The molecule has 0 unspecified atom stereocenters. The molecule has 0 spiro atoms. The molecule has 1 saturated carbocycles. The number of aromatic amines is 1. The third kappa shape index (κ3) is 2.97. The van der Waals surface area contributed by atoms with Gasteiger partial charge in [-0.05, 0) is 12.8 Å². The monoisotopic (exact) mass is 207 g/mol. The Balaban J connectivity index is 1.79. The van der Waals surface area contributed by atoms with Gasteiger partial charge >= 0.3 is 0 Å². The van der Waals surface area contributed by atoms with E-state index in [1.807, 2.05) is 0 Å². The fraction of sp³-hybridized carbons (Fsp3) is 0.600. The summed E-state index contributed by atoms with van der Waals surface area (Å²) in [6.07, 6.45) is 8.50. The Bertz CT molecular complexity index is 311. The maximum absolute atomic E-state index is 5.77. The number of rotatable bonds is 3. The lowest BCUT2D eigenvalue weighted by atomic mass is 10.2. The topological polar surface area (TPSA) is 79.1 Å². The molecule has 1 heterocycles. The molecule has 4 N–H and O–H groups in total. The first kappa shape index (κ1) is 10.0. The molecule has 5 nitrogen and oxygen atoms in total. The normalized spacial score (nSPS) is 18.3. The van der Waals surface area contributed by atoms with E-state index in [-0.39, 0.29) is 0 Å². The molecule has 0 aromatic carbocycles. The van der Waals surface area contributed by atoms with Crippen LogP contribution in [0, 0.1) is 0 Å². The van der Waals surface area contributed by atoms with E-state index in [0.717, 1.165) is 5.82 Å². The quantitative estimate of drug-likeness (QED) is 0.505. The lowest BCUT2D eigenvalue weighted by molar-refractivity contribution is 0.625. The number of imidazole rings is 1. The SMILES string of the molecule is NC(=NCc1ncc[nH]1)NC1CCCC1. The highest BCUT2D eigenvalue weighted by atomic mass is 15.1. The minimum Gasteiger partial charge on any atom is -0.370 e. The van der Waals surface area contributed by atoms with Gasteiger partial charge < -0.3 is 16.0 Å². The van der Waals surface area contributed by atoms with Crippen molar-refractivity contribution in [1.82, 2.24) is 15.3 Å². The number of aromatic nitrogens is 2. The van der Waals surface area contributed by atoms with E-state index in [2.05, 4.69) is 20.3 Å². The maximum Gasteiger partial charge on any atom is 0.189 e. The van der Waals surface area contributed by atoms with Crippen LogP contribution in [0.5, 0.6) is 0 Å². The standard InChI is InChI=1S/C10H17N5/c11-10(15-8-3-1-2-4-8)14-7-9-12-5-6-13-9/h5-6,8H,1-4,7H2,(H,12,13)(H3,11,14,15). The first-order valence-corrected chi connectivity index (χ1v) is 5.39. The molecule has 0 amide bonds. The van der Waals surface area contributed by atoms with Gasteiger partial charge in [0.15, 0.2) is 5.96 Å². The molecule has 0 bridgehead atoms. The summed E-state index contributed by atoms with van der Waals surface area (Å²) in [5, 5.41) is 3.23. The fourth-order valence-electron chi connectivity index (χ4n) is 1.87. The number of nitrogens with one attached hydrogen (secondary N) is 2. The van der Waals surface area contributed by atoms with Gasteiger partial charge in [0.25, 0.3) is 0 Å². The average molecular weight is 207 g/mol. The van der Waals surface area contributed by atoms with Crippen LogP contribution in [0.15, 0.2) is 17.4 Å². The van der Waals surface area contributed by atoms with Crippen molar-refractivity contribution in [1.29, 1.82) is 0 Å². The second kappa shape index (κ2) is 4.82. The van der Waals surface area contributed by atoms with E-state index in [1.54, 1.807) is 12.4 Å². The molecule has 1 aliphatic carbocycles. The van der Waals surface area contributed by atoms with E-state index in [1.165, 1.54) is 25.7 Å². The molecule has 1 fully saturated rings. The molecule has 0 radical (unpaired) electrons. The molecule has 0 aliphatic heterocycles. The van der Waals surface area contributed by atoms with Crippen molar-refractivity contribution in [3.05, 3.63) is 18.2 Å². The van der Waals surface area contributed by atoms with Gasteiger partial charge in [-0.2, -0.15) is 0 Å². The third-order valence-corrected chi connectivity index (χ3v) is 2.66. The average Bonchev–Trinajstić information content (AvgIpc) is 2.86. The van der Waals surface area contributed by atoms with Gasteiger partial charge in [-0.1, -0.05) is 12.8 Å². The number of H-pyrrole nitrogens is 1. The molecule has 2 rings (SSSR count). The second-order valence-electron chi connectivity index (χ2n) is 3.86. The highest BCUT2D eigenvalue weighted by Gasteiger charge is 2.14. The summed E-state index contributed by atoms with van der Waals surface area (Å²) >= 11 is 0. The number of guanidine groups is 1. The molecule has 0 saturated heterocycles. The minimum absolute atomic E-state index is 0.512. The van der Waals surface area contributed by atoms with Crippen LogP contribution in [0.1, 0.15) is 31.5 Å². The van der Waals surface area contributed by atoms with E-state index in [4.69, 9.17) is 5.73 Å². The largest absolute Gasteiger partial charge is 0.370 e. The van der Waals surface area contributed by atoms with Crippen molar-refractivity contribution in [2.45, 2.75) is 38.3 Å². The summed E-state index contributed by atoms with van der Waals surface area (Å²) in [5.74, 6) is 1.37. The number of nitrogens with zero attached hydrogens (tertiary/aromatic N) is 2. The number of nitrogens with two attached hydrogens (primary N) is 1. The van der Waals surface area contributed by atoms with E-state index < -0.39 is 0 Å². The van der Waals surface area contributed by atoms with Crippen molar-refractivity contribution in [3.63, 3.8) is 0 Å². The lowest BCUT2D eigenvalue weighted by Gasteiger charge is -2.11. The Kier molecular flexibility index (Phi) is 3.22. The summed E-state index contributed by atoms with van der Waals surface area (Å²) in [7, 11) is 0. The summed E-state index contributed by atoms with van der Waals surface area (Å²) in [5.41, 5.74) is 5.77. The maximum atomic E-state index is 5.77. The van der Waals surface area contributed by atoms with Gasteiger partial charge in [0.05, 0.1) is 0 Å². The van der Waals surface area contributed by atoms with Gasteiger partial charge in [-0.25, -0.2) is 9.98 Å². The Morgan fingerprint density at radius 3 is 3.07 bits per heavy atom. The van der Waals surface area contributed by atoms with Gasteiger partial charge in [0.1, 0.15) is 12.4 Å². The molecule has 1 aromatic rings. The summed E-state index contributed by atoms with van der Waals surface area (Å²) < 4.78 is 0. The smallest absolute Gasteiger partial charge is 0.189 e. The number of hydrogen-bond donors (Lipinski definition) is 3. The molecule has 0 atom stereocenters. The van der Waals surface area contributed by atoms with Crippen LogP contribution in [-0.4, -0.2) is 22.0 Å².